The predicted molar refractivity (Wildman–Crippen MR) is 83.1 cm³/mol. The highest BCUT2D eigenvalue weighted by Gasteiger charge is 2.36. The molecular weight excluding hydrogens is 268 g/mol. The lowest BCUT2D eigenvalue weighted by atomic mass is 10.1. The monoisotopic (exact) mass is 300 g/mol. The van der Waals surface area contributed by atoms with E-state index in [1.165, 1.54) is 38.5 Å². The summed E-state index contributed by atoms with van der Waals surface area (Å²) in [4.78, 5) is 11.4. The van der Waals surface area contributed by atoms with Gasteiger partial charge in [0.1, 0.15) is 6.10 Å². The Morgan fingerprint density at radius 3 is 2.33 bits per heavy atom. The summed E-state index contributed by atoms with van der Waals surface area (Å²) in [6, 6.07) is 0. The number of hydrogen-bond donors (Lipinski definition) is 1. The van der Waals surface area contributed by atoms with Crippen molar-refractivity contribution in [3.63, 3.8) is 0 Å². The minimum atomic E-state index is -0.388. The highest BCUT2D eigenvalue weighted by molar-refractivity contribution is 5.69. The average Bonchev–Trinajstić information content (AvgIpc) is 3.21. The third-order valence-corrected chi connectivity index (χ3v) is 3.99. The molecule has 0 aromatic carbocycles. The van der Waals surface area contributed by atoms with Gasteiger partial charge in [-0.3, -0.25) is 4.79 Å². The summed E-state index contributed by atoms with van der Waals surface area (Å²) >= 11 is 0. The predicted octanol–water partition coefficient (Wildman–Crippen LogP) is 3.60. The number of hydrogen-bond acceptors (Lipinski definition) is 4. The van der Waals surface area contributed by atoms with E-state index < -0.39 is 0 Å². The van der Waals surface area contributed by atoms with E-state index in [0.717, 1.165) is 19.3 Å². The second-order valence-electron chi connectivity index (χ2n) is 6.14. The third-order valence-electron chi connectivity index (χ3n) is 3.99. The smallest absolute Gasteiger partial charge is 0.306 e. The molecule has 1 rings (SSSR count). The highest BCUT2D eigenvalue weighted by atomic mass is 16.6. The fourth-order valence-electron chi connectivity index (χ4n) is 2.57. The largest absolute Gasteiger partial charge is 0.460 e. The molecule has 4 nitrogen and oxygen atoms in total. The van der Waals surface area contributed by atoms with Crippen LogP contribution >= 0.6 is 0 Å². The quantitative estimate of drug-likeness (QED) is 0.321. The first-order valence-corrected chi connectivity index (χ1v) is 8.63. The van der Waals surface area contributed by atoms with Gasteiger partial charge >= 0.3 is 5.97 Å². The zero-order chi connectivity index (χ0) is 15.5. The van der Waals surface area contributed by atoms with Crippen molar-refractivity contribution in [1.29, 1.82) is 0 Å². The van der Waals surface area contributed by atoms with Gasteiger partial charge in [0.25, 0.3) is 0 Å². The molecule has 0 radical (unpaired) electrons. The summed E-state index contributed by atoms with van der Waals surface area (Å²) in [5.41, 5.74) is 0. The molecule has 3 atom stereocenters. The van der Waals surface area contributed by atoms with E-state index in [-0.39, 0.29) is 18.7 Å². The van der Waals surface area contributed by atoms with Crippen LogP contribution in [0.1, 0.15) is 78.1 Å². The first-order chi connectivity index (χ1) is 10.2. The molecule has 0 amide bonds. The van der Waals surface area contributed by atoms with E-state index in [4.69, 9.17) is 14.6 Å². The summed E-state index contributed by atoms with van der Waals surface area (Å²) in [7, 11) is 0. The lowest BCUT2D eigenvalue weighted by molar-refractivity contribution is -0.150. The zero-order valence-corrected chi connectivity index (χ0v) is 13.7. The molecule has 1 aliphatic rings. The Balaban J connectivity index is 1.88. The van der Waals surface area contributed by atoms with Crippen LogP contribution in [-0.2, 0) is 14.3 Å². The minimum Gasteiger partial charge on any atom is -0.460 e. The zero-order valence-electron chi connectivity index (χ0n) is 13.7. The Kier molecular flexibility index (Phi) is 9.68. The molecule has 1 N–H and O–H groups in total. The number of aliphatic hydroxyl groups is 1. The lowest BCUT2D eigenvalue weighted by Crippen LogP contribution is -2.18. The van der Waals surface area contributed by atoms with Crippen LogP contribution in [0.15, 0.2) is 0 Å². The van der Waals surface area contributed by atoms with Crippen LogP contribution in [0.2, 0.25) is 0 Å². The molecule has 1 saturated heterocycles. The number of aliphatic hydroxyl groups excluding tert-OH is 1. The average molecular weight is 300 g/mol. The van der Waals surface area contributed by atoms with E-state index in [1.807, 2.05) is 0 Å². The van der Waals surface area contributed by atoms with Crippen LogP contribution in [0.25, 0.3) is 0 Å². The second kappa shape index (κ2) is 11.0. The molecule has 0 aromatic rings. The molecule has 0 aromatic heterocycles. The van der Waals surface area contributed by atoms with Crippen LogP contribution in [0.4, 0.5) is 0 Å². The van der Waals surface area contributed by atoms with Gasteiger partial charge in [-0.1, -0.05) is 45.4 Å². The van der Waals surface area contributed by atoms with Gasteiger partial charge in [0.2, 0.25) is 0 Å². The van der Waals surface area contributed by atoms with Crippen molar-refractivity contribution >= 4 is 5.97 Å². The summed E-state index contributed by atoms with van der Waals surface area (Å²) in [6.07, 6.45) is 11.7. The van der Waals surface area contributed by atoms with Gasteiger partial charge in [0.05, 0.1) is 18.8 Å². The van der Waals surface area contributed by atoms with Crippen molar-refractivity contribution in [2.75, 3.05) is 6.61 Å². The maximum Gasteiger partial charge on any atom is 0.306 e. The van der Waals surface area contributed by atoms with E-state index in [1.54, 1.807) is 6.92 Å². The maximum atomic E-state index is 11.4. The first-order valence-electron chi connectivity index (χ1n) is 8.63. The van der Waals surface area contributed by atoms with Crippen LogP contribution in [0.5, 0.6) is 0 Å². The first kappa shape index (κ1) is 18.4. The van der Waals surface area contributed by atoms with Gasteiger partial charge in [0.15, 0.2) is 0 Å². The molecular formula is C17H32O4. The van der Waals surface area contributed by atoms with Gasteiger partial charge in [0, 0.05) is 6.42 Å². The van der Waals surface area contributed by atoms with Crippen molar-refractivity contribution in [2.24, 2.45) is 0 Å². The van der Waals surface area contributed by atoms with Crippen molar-refractivity contribution in [3.05, 3.63) is 0 Å². The summed E-state index contributed by atoms with van der Waals surface area (Å²) in [5, 5.41) is 8.79. The maximum absolute atomic E-state index is 11.4. The molecule has 1 aliphatic heterocycles. The molecule has 0 aliphatic carbocycles. The number of carbonyl (C=O) groups is 1. The highest BCUT2D eigenvalue weighted by Crippen LogP contribution is 2.31. The fourth-order valence-corrected chi connectivity index (χ4v) is 2.57. The Morgan fingerprint density at radius 2 is 1.71 bits per heavy atom. The molecule has 1 fully saturated rings. The number of epoxide rings is 1. The molecule has 3 unspecified atom stereocenters. The van der Waals surface area contributed by atoms with E-state index in [9.17, 15) is 4.79 Å². The number of rotatable bonds is 13. The molecule has 21 heavy (non-hydrogen) atoms. The Bertz CT molecular complexity index is 280. The number of carbonyl (C=O) groups excluding carboxylic acids is 1. The third kappa shape index (κ3) is 9.10. The Labute approximate surface area is 129 Å². The van der Waals surface area contributed by atoms with Gasteiger partial charge in [-0.15, -0.1) is 0 Å². The van der Waals surface area contributed by atoms with E-state index in [0.29, 0.717) is 18.6 Å². The SMILES string of the molecule is CCCCCCCC1OC1CCCCC(=O)OC(C)CO. The van der Waals surface area contributed by atoms with Gasteiger partial charge in [-0.05, 0) is 26.2 Å². The molecule has 4 heteroatoms. The van der Waals surface area contributed by atoms with Crippen molar-refractivity contribution in [2.45, 2.75) is 96.4 Å². The Morgan fingerprint density at radius 1 is 1.10 bits per heavy atom. The summed E-state index contributed by atoms with van der Waals surface area (Å²) in [5.74, 6) is -0.208. The number of ether oxygens (including phenoxy) is 2. The van der Waals surface area contributed by atoms with Crippen LogP contribution in [0, 0.1) is 0 Å². The van der Waals surface area contributed by atoms with Gasteiger partial charge in [-0.2, -0.15) is 0 Å². The molecule has 1 heterocycles. The summed E-state index contributed by atoms with van der Waals surface area (Å²) < 4.78 is 10.7. The molecule has 124 valence electrons. The van der Waals surface area contributed by atoms with E-state index in [2.05, 4.69) is 6.92 Å². The lowest BCUT2D eigenvalue weighted by Gasteiger charge is -2.09. The minimum absolute atomic E-state index is 0.110. The van der Waals surface area contributed by atoms with E-state index >= 15 is 0 Å². The van der Waals surface area contributed by atoms with Crippen LogP contribution in [-0.4, -0.2) is 36.0 Å². The fraction of sp³-hybridized carbons (Fsp3) is 0.941. The number of unbranched alkanes of at least 4 members (excludes halogenated alkanes) is 5. The standard InChI is InChI=1S/C17H32O4/c1-3-4-5-6-7-10-15-16(21-15)11-8-9-12-17(19)20-14(2)13-18/h14-16,18H,3-13H2,1-2H3. The van der Waals surface area contributed by atoms with Gasteiger partial charge < -0.3 is 14.6 Å². The van der Waals surface area contributed by atoms with Crippen molar-refractivity contribution in [3.8, 4) is 0 Å². The van der Waals surface area contributed by atoms with Crippen LogP contribution in [0.3, 0.4) is 0 Å². The number of esters is 1. The van der Waals surface area contributed by atoms with Crippen molar-refractivity contribution < 1.29 is 19.4 Å². The van der Waals surface area contributed by atoms with Gasteiger partial charge in [-0.25, -0.2) is 0 Å². The normalized spacial score (nSPS) is 22.0. The van der Waals surface area contributed by atoms with Crippen molar-refractivity contribution in [1.82, 2.24) is 0 Å². The Hall–Kier alpha value is -0.610. The summed E-state index contributed by atoms with van der Waals surface area (Å²) in [6.45, 7) is 3.82. The second-order valence-corrected chi connectivity index (χ2v) is 6.14. The molecule has 0 spiro atoms. The van der Waals surface area contributed by atoms with Crippen LogP contribution < -0.4 is 0 Å². The molecule has 0 bridgehead atoms. The topological polar surface area (TPSA) is 59.1 Å². The molecule has 0 saturated carbocycles.